The van der Waals surface area contributed by atoms with Crippen LogP contribution in [0.3, 0.4) is 0 Å². The van der Waals surface area contributed by atoms with Crippen molar-refractivity contribution in [3.63, 3.8) is 0 Å². The van der Waals surface area contributed by atoms with Gasteiger partial charge >= 0.3 is 0 Å². The molecule has 0 N–H and O–H groups in total. The summed E-state index contributed by atoms with van der Waals surface area (Å²) in [6.45, 7) is 3.10. The van der Waals surface area contributed by atoms with Crippen molar-refractivity contribution in [2.45, 2.75) is 38.1 Å². The van der Waals surface area contributed by atoms with Gasteiger partial charge in [0.1, 0.15) is 0 Å². The molecule has 1 atom stereocenters. The van der Waals surface area contributed by atoms with E-state index in [1.165, 1.54) is 19.3 Å². The molecular formula is C13H24N2O. The Bertz CT molecular complexity index is 250. The zero-order chi connectivity index (χ0) is 11.5. The highest BCUT2D eigenvalue weighted by atomic mass is 16.1. The van der Waals surface area contributed by atoms with Gasteiger partial charge in [-0.05, 0) is 45.9 Å². The smallest absolute Gasteiger partial charge is 0.151 e. The van der Waals surface area contributed by atoms with Gasteiger partial charge in [-0.2, -0.15) is 0 Å². The Morgan fingerprint density at radius 2 is 2.00 bits per heavy atom. The first kappa shape index (κ1) is 12.1. The minimum absolute atomic E-state index is 0.145. The van der Waals surface area contributed by atoms with E-state index >= 15 is 0 Å². The molecule has 3 heteroatoms. The predicted octanol–water partition coefficient (Wildman–Crippen LogP) is 1.38. The van der Waals surface area contributed by atoms with Crippen LogP contribution in [-0.2, 0) is 4.79 Å². The normalized spacial score (nSPS) is 29.0. The third-order valence-corrected chi connectivity index (χ3v) is 3.93. The highest BCUT2D eigenvalue weighted by Crippen LogP contribution is 2.33. The molecule has 1 unspecified atom stereocenters. The van der Waals surface area contributed by atoms with Gasteiger partial charge in [-0.15, -0.1) is 0 Å². The zero-order valence-corrected chi connectivity index (χ0v) is 10.6. The number of hydrogen-bond donors (Lipinski definition) is 0. The van der Waals surface area contributed by atoms with Gasteiger partial charge in [-0.25, -0.2) is 0 Å². The quantitative estimate of drug-likeness (QED) is 0.721. The molecule has 3 nitrogen and oxygen atoms in total. The van der Waals surface area contributed by atoms with Crippen LogP contribution in [0.15, 0.2) is 0 Å². The zero-order valence-electron chi connectivity index (χ0n) is 10.6. The summed E-state index contributed by atoms with van der Waals surface area (Å²) in [7, 11) is 4.22. The third-order valence-electron chi connectivity index (χ3n) is 3.93. The van der Waals surface area contributed by atoms with Crippen LogP contribution in [0.1, 0.15) is 32.1 Å². The van der Waals surface area contributed by atoms with Gasteiger partial charge in [0, 0.05) is 13.0 Å². The molecule has 2 aliphatic rings. The van der Waals surface area contributed by atoms with Gasteiger partial charge in [0.15, 0.2) is 5.78 Å². The molecule has 1 aliphatic heterocycles. The average Bonchev–Trinajstić information content (AvgIpc) is 3.05. The minimum Gasteiger partial charge on any atom is -0.304 e. The molecule has 0 radical (unpaired) electrons. The third kappa shape index (κ3) is 3.29. The lowest BCUT2D eigenvalue weighted by molar-refractivity contribution is -0.124. The molecule has 2 rings (SSSR count). The van der Waals surface area contributed by atoms with Crippen molar-refractivity contribution >= 4 is 5.78 Å². The van der Waals surface area contributed by atoms with Crippen molar-refractivity contribution < 1.29 is 4.79 Å². The van der Waals surface area contributed by atoms with Crippen molar-refractivity contribution in [3.8, 4) is 0 Å². The average molecular weight is 224 g/mol. The SMILES string of the molecule is CN1CCCN(C)C(C(=O)CCC2CC2)C1. The first-order valence-electron chi connectivity index (χ1n) is 6.58. The van der Waals surface area contributed by atoms with Gasteiger partial charge in [0.25, 0.3) is 0 Å². The topological polar surface area (TPSA) is 23.6 Å². The number of rotatable bonds is 4. The lowest BCUT2D eigenvalue weighted by atomic mass is 10.0. The molecule has 0 aromatic rings. The van der Waals surface area contributed by atoms with Gasteiger partial charge in [0.2, 0.25) is 0 Å². The van der Waals surface area contributed by atoms with E-state index in [-0.39, 0.29) is 6.04 Å². The predicted molar refractivity (Wildman–Crippen MR) is 65.5 cm³/mol. The van der Waals surface area contributed by atoms with Gasteiger partial charge in [-0.1, -0.05) is 12.8 Å². The molecule has 0 bridgehead atoms. The summed E-state index contributed by atoms with van der Waals surface area (Å²) >= 11 is 0. The second-order valence-corrected chi connectivity index (χ2v) is 5.56. The molecule has 1 saturated heterocycles. The van der Waals surface area contributed by atoms with Crippen LogP contribution in [-0.4, -0.2) is 55.4 Å². The first-order chi connectivity index (χ1) is 7.66. The van der Waals surface area contributed by atoms with Crippen LogP contribution < -0.4 is 0 Å². The Morgan fingerprint density at radius 3 is 2.69 bits per heavy atom. The Kier molecular flexibility index (Phi) is 3.98. The Labute approximate surface area is 98.8 Å². The fourth-order valence-electron chi connectivity index (χ4n) is 2.54. The first-order valence-corrected chi connectivity index (χ1v) is 6.58. The maximum Gasteiger partial charge on any atom is 0.151 e. The van der Waals surface area contributed by atoms with Gasteiger partial charge < -0.3 is 4.90 Å². The van der Waals surface area contributed by atoms with Crippen LogP contribution in [0.2, 0.25) is 0 Å². The van der Waals surface area contributed by atoms with E-state index < -0.39 is 0 Å². The highest BCUT2D eigenvalue weighted by molar-refractivity contribution is 5.84. The van der Waals surface area contributed by atoms with Crippen molar-refractivity contribution in [2.75, 3.05) is 33.7 Å². The molecule has 92 valence electrons. The van der Waals surface area contributed by atoms with E-state index in [9.17, 15) is 4.79 Å². The van der Waals surface area contributed by atoms with E-state index in [0.29, 0.717) is 5.78 Å². The fraction of sp³-hybridized carbons (Fsp3) is 0.923. The summed E-state index contributed by atoms with van der Waals surface area (Å²) in [5.74, 6) is 1.33. The maximum absolute atomic E-state index is 12.2. The summed E-state index contributed by atoms with van der Waals surface area (Å²) in [5.41, 5.74) is 0. The Balaban J connectivity index is 1.85. The monoisotopic (exact) mass is 224 g/mol. The molecule has 2 fully saturated rings. The fourth-order valence-corrected chi connectivity index (χ4v) is 2.54. The second kappa shape index (κ2) is 5.28. The molecule has 1 saturated carbocycles. The lowest BCUT2D eigenvalue weighted by Crippen LogP contribution is -2.43. The number of carbonyl (C=O) groups is 1. The van der Waals surface area contributed by atoms with E-state index in [0.717, 1.165) is 38.4 Å². The van der Waals surface area contributed by atoms with Crippen molar-refractivity contribution in [1.29, 1.82) is 0 Å². The Hall–Kier alpha value is -0.410. The number of carbonyl (C=O) groups excluding carboxylic acids is 1. The number of likely N-dealkylation sites (N-methyl/N-ethyl adjacent to an activating group) is 2. The summed E-state index contributed by atoms with van der Waals surface area (Å²) in [6.07, 6.45) is 5.82. The summed E-state index contributed by atoms with van der Waals surface area (Å²) in [6, 6.07) is 0.145. The molecule has 0 aromatic heterocycles. The van der Waals surface area contributed by atoms with E-state index in [1.807, 2.05) is 0 Å². The van der Waals surface area contributed by atoms with E-state index in [4.69, 9.17) is 0 Å². The van der Waals surface area contributed by atoms with Gasteiger partial charge in [-0.3, -0.25) is 9.69 Å². The van der Waals surface area contributed by atoms with Crippen LogP contribution in [0.4, 0.5) is 0 Å². The number of ketones is 1. The second-order valence-electron chi connectivity index (χ2n) is 5.56. The molecule has 1 heterocycles. The van der Waals surface area contributed by atoms with Crippen molar-refractivity contribution in [2.24, 2.45) is 5.92 Å². The highest BCUT2D eigenvalue weighted by Gasteiger charge is 2.28. The molecular weight excluding hydrogens is 200 g/mol. The van der Waals surface area contributed by atoms with Crippen LogP contribution in [0, 0.1) is 5.92 Å². The van der Waals surface area contributed by atoms with Crippen LogP contribution >= 0.6 is 0 Å². The number of hydrogen-bond acceptors (Lipinski definition) is 3. The van der Waals surface area contributed by atoms with Crippen LogP contribution in [0.25, 0.3) is 0 Å². The Morgan fingerprint density at radius 1 is 1.25 bits per heavy atom. The van der Waals surface area contributed by atoms with Gasteiger partial charge in [0.05, 0.1) is 6.04 Å². The van der Waals surface area contributed by atoms with Crippen LogP contribution in [0.5, 0.6) is 0 Å². The van der Waals surface area contributed by atoms with Crippen molar-refractivity contribution in [1.82, 2.24) is 9.80 Å². The number of nitrogens with zero attached hydrogens (tertiary/aromatic N) is 2. The minimum atomic E-state index is 0.145. The van der Waals surface area contributed by atoms with Crippen molar-refractivity contribution in [3.05, 3.63) is 0 Å². The van der Waals surface area contributed by atoms with E-state index in [2.05, 4.69) is 23.9 Å². The van der Waals surface area contributed by atoms with E-state index in [1.54, 1.807) is 0 Å². The molecule has 16 heavy (non-hydrogen) atoms. The molecule has 0 amide bonds. The molecule has 0 aromatic carbocycles. The maximum atomic E-state index is 12.2. The largest absolute Gasteiger partial charge is 0.304 e. The lowest BCUT2D eigenvalue weighted by Gasteiger charge is -2.26. The summed E-state index contributed by atoms with van der Waals surface area (Å²) in [5, 5.41) is 0. The molecule has 0 spiro atoms. The standard InChI is InChI=1S/C13H24N2O/c1-14-8-3-9-15(2)12(10-14)13(16)7-6-11-4-5-11/h11-12H,3-10H2,1-2H3. The molecule has 1 aliphatic carbocycles. The summed E-state index contributed by atoms with van der Waals surface area (Å²) < 4.78 is 0. The summed E-state index contributed by atoms with van der Waals surface area (Å²) in [4.78, 5) is 16.7. The number of Topliss-reactive ketones (excluding diaryl/α,β-unsaturated/α-hetero) is 1.